The third kappa shape index (κ3) is 4.46. The number of unbranched alkanes of at least 4 members (excludes halogenated alkanes) is 1. The molecule has 0 aromatic heterocycles. The molecule has 2 aliphatic carbocycles. The van der Waals surface area contributed by atoms with Crippen LogP contribution in [-0.2, 0) is 0 Å². The van der Waals surface area contributed by atoms with Gasteiger partial charge < -0.3 is 0 Å². The first-order valence-corrected chi connectivity index (χ1v) is 11.6. The summed E-state index contributed by atoms with van der Waals surface area (Å²) in [6.07, 6.45) is 12.7. The summed E-state index contributed by atoms with van der Waals surface area (Å²) in [6, 6.07) is 13.9. The van der Waals surface area contributed by atoms with Crippen molar-refractivity contribution in [2.45, 2.75) is 70.6 Å². The molecule has 4 unspecified atom stereocenters. The van der Waals surface area contributed by atoms with Crippen LogP contribution in [0, 0.1) is 23.6 Å². The number of halogens is 2. The van der Waals surface area contributed by atoms with E-state index in [4.69, 9.17) is 11.6 Å². The van der Waals surface area contributed by atoms with Crippen molar-refractivity contribution >= 4 is 11.6 Å². The fraction of sp³-hybridized carbons (Fsp3) is 0.538. The molecule has 0 radical (unpaired) electrons. The first-order chi connectivity index (χ1) is 13.6. The van der Waals surface area contributed by atoms with E-state index in [1.807, 2.05) is 6.07 Å². The van der Waals surface area contributed by atoms with Gasteiger partial charge in [-0.25, -0.2) is 4.39 Å². The third-order valence-corrected chi connectivity index (χ3v) is 7.63. The van der Waals surface area contributed by atoms with E-state index in [1.165, 1.54) is 69.4 Å². The molecule has 0 saturated heterocycles. The molecule has 4 atom stereocenters. The third-order valence-electron chi connectivity index (χ3n) is 7.32. The van der Waals surface area contributed by atoms with Gasteiger partial charge in [0, 0.05) is 0 Å². The summed E-state index contributed by atoms with van der Waals surface area (Å²) in [5, 5.41) is 0.182. The number of benzene rings is 2. The van der Waals surface area contributed by atoms with Crippen molar-refractivity contribution in [3.05, 3.63) is 58.9 Å². The highest BCUT2D eigenvalue weighted by Crippen LogP contribution is 2.48. The smallest absolute Gasteiger partial charge is 0.142 e. The molecule has 0 heterocycles. The second kappa shape index (κ2) is 8.99. The van der Waals surface area contributed by atoms with E-state index >= 15 is 0 Å². The molecular weight excluding hydrogens is 367 g/mol. The maximum Gasteiger partial charge on any atom is 0.142 e. The monoisotopic (exact) mass is 398 g/mol. The number of fused-ring (bicyclic) bond motifs is 1. The van der Waals surface area contributed by atoms with Crippen LogP contribution in [-0.4, -0.2) is 0 Å². The van der Waals surface area contributed by atoms with Crippen molar-refractivity contribution in [2.24, 2.45) is 17.8 Å². The Morgan fingerprint density at radius 1 is 0.893 bits per heavy atom. The van der Waals surface area contributed by atoms with Gasteiger partial charge in [0.2, 0.25) is 0 Å². The van der Waals surface area contributed by atoms with E-state index in [1.54, 1.807) is 6.07 Å². The first-order valence-electron chi connectivity index (χ1n) is 11.2. The minimum Gasteiger partial charge on any atom is -0.205 e. The Morgan fingerprint density at radius 2 is 1.61 bits per heavy atom. The van der Waals surface area contributed by atoms with Gasteiger partial charge in [0.05, 0.1) is 5.02 Å². The summed E-state index contributed by atoms with van der Waals surface area (Å²) in [5.74, 6) is 3.25. The van der Waals surface area contributed by atoms with Crippen molar-refractivity contribution < 1.29 is 4.39 Å². The van der Waals surface area contributed by atoms with Crippen LogP contribution in [0.15, 0.2) is 42.5 Å². The van der Waals surface area contributed by atoms with Crippen molar-refractivity contribution in [2.75, 3.05) is 0 Å². The predicted molar refractivity (Wildman–Crippen MR) is 117 cm³/mol. The first kappa shape index (κ1) is 20.0. The Hall–Kier alpha value is -1.34. The Morgan fingerprint density at radius 3 is 2.36 bits per heavy atom. The summed E-state index contributed by atoms with van der Waals surface area (Å²) in [6.45, 7) is 2.31. The van der Waals surface area contributed by atoms with Crippen molar-refractivity contribution in [1.29, 1.82) is 0 Å². The molecular formula is C26H32ClF. The van der Waals surface area contributed by atoms with Crippen LogP contribution in [0.1, 0.15) is 76.2 Å². The molecule has 0 bridgehead atoms. The second-order valence-electron chi connectivity index (χ2n) is 9.10. The van der Waals surface area contributed by atoms with Crippen LogP contribution in [0.3, 0.4) is 0 Å². The Kier molecular flexibility index (Phi) is 6.41. The standard InChI is InChI=1S/C26H32ClF/c1-2-3-4-18-5-6-23-16-22(12-11-21(23)15-18)19-7-9-20(10-8-19)24-13-14-25(27)26(28)17-24/h7-10,13-14,17-18,21-23H,2-6,11-12,15-16H2,1H3. The predicted octanol–water partition coefficient (Wildman–Crippen LogP) is 8.64. The average molecular weight is 399 g/mol. The van der Waals surface area contributed by atoms with Gasteiger partial charge in [0.25, 0.3) is 0 Å². The highest BCUT2D eigenvalue weighted by molar-refractivity contribution is 6.30. The molecule has 28 heavy (non-hydrogen) atoms. The molecule has 0 N–H and O–H groups in total. The lowest BCUT2D eigenvalue weighted by molar-refractivity contribution is 0.113. The normalized spacial score (nSPS) is 27.4. The van der Waals surface area contributed by atoms with E-state index in [9.17, 15) is 4.39 Å². The molecule has 2 fully saturated rings. The highest BCUT2D eigenvalue weighted by Gasteiger charge is 2.35. The molecule has 0 aliphatic heterocycles. The molecule has 2 aromatic carbocycles. The number of hydrogen-bond acceptors (Lipinski definition) is 0. The molecule has 2 heteroatoms. The highest BCUT2D eigenvalue weighted by atomic mass is 35.5. The van der Waals surface area contributed by atoms with E-state index < -0.39 is 0 Å². The maximum absolute atomic E-state index is 13.8. The van der Waals surface area contributed by atoms with Gasteiger partial charge >= 0.3 is 0 Å². The molecule has 2 aromatic rings. The molecule has 0 amide bonds. The van der Waals surface area contributed by atoms with E-state index in [0.717, 1.165) is 28.9 Å². The average Bonchev–Trinajstić information content (AvgIpc) is 2.74. The van der Waals surface area contributed by atoms with Crippen LogP contribution in [0.25, 0.3) is 11.1 Å². The fourth-order valence-electron chi connectivity index (χ4n) is 5.67. The summed E-state index contributed by atoms with van der Waals surface area (Å²) in [4.78, 5) is 0. The molecule has 4 rings (SSSR count). The lowest BCUT2D eigenvalue weighted by Crippen LogP contribution is -2.30. The van der Waals surface area contributed by atoms with Crippen LogP contribution < -0.4 is 0 Å². The van der Waals surface area contributed by atoms with Crippen LogP contribution >= 0.6 is 11.6 Å². The zero-order chi connectivity index (χ0) is 19.5. The minimum absolute atomic E-state index is 0.182. The van der Waals surface area contributed by atoms with E-state index in [2.05, 4.69) is 31.2 Å². The van der Waals surface area contributed by atoms with Crippen molar-refractivity contribution in [3.63, 3.8) is 0 Å². The van der Waals surface area contributed by atoms with Crippen molar-refractivity contribution in [3.8, 4) is 11.1 Å². The lowest BCUT2D eigenvalue weighted by atomic mass is 9.63. The fourth-order valence-corrected chi connectivity index (χ4v) is 5.79. The molecule has 0 spiro atoms. The van der Waals surface area contributed by atoms with Gasteiger partial charge in [-0.2, -0.15) is 0 Å². The zero-order valence-corrected chi connectivity index (χ0v) is 17.7. The minimum atomic E-state index is -0.351. The quantitative estimate of drug-likeness (QED) is 0.472. The summed E-state index contributed by atoms with van der Waals surface area (Å²) < 4.78 is 13.8. The second-order valence-corrected chi connectivity index (χ2v) is 9.51. The van der Waals surface area contributed by atoms with Crippen LogP contribution in [0.2, 0.25) is 5.02 Å². The van der Waals surface area contributed by atoms with Crippen LogP contribution in [0.4, 0.5) is 4.39 Å². The molecule has 0 nitrogen and oxygen atoms in total. The molecule has 150 valence electrons. The maximum atomic E-state index is 13.8. The van der Waals surface area contributed by atoms with Gasteiger partial charge in [-0.05, 0) is 84.6 Å². The lowest BCUT2D eigenvalue weighted by Gasteiger charge is -2.42. The van der Waals surface area contributed by atoms with Gasteiger partial charge in [0.1, 0.15) is 5.82 Å². The largest absolute Gasteiger partial charge is 0.205 e. The Bertz CT molecular complexity index is 782. The summed E-state index contributed by atoms with van der Waals surface area (Å²) in [5.41, 5.74) is 3.41. The van der Waals surface area contributed by atoms with Gasteiger partial charge in [-0.1, -0.05) is 74.5 Å². The number of rotatable bonds is 5. The zero-order valence-electron chi connectivity index (χ0n) is 17.0. The number of hydrogen-bond donors (Lipinski definition) is 0. The van der Waals surface area contributed by atoms with Crippen LogP contribution in [0.5, 0.6) is 0 Å². The molecule has 2 saturated carbocycles. The Labute approximate surface area is 174 Å². The van der Waals surface area contributed by atoms with E-state index in [0.29, 0.717) is 5.92 Å². The van der Waals surface area contributed by atoms with Gasteiger partial charge in [-0.3, -0.25) is 0 Å². The molecule has 2 aliphatic rings. The summed E-state index contributed by atoms with van der Waals surface area (Å²) in [7, 11) is 0. The SMILES string of the molecule is CCCCC1CCC2CC(c3ccc(-c4ccc(Cl)c(F)c4)cc3)CCC2C1. The van der Waals surface area contributed by atoms with Gasteiger partial charge in [0.15, 0.2) is 0 Å². The topological polar surface area (TPSA) is 0 Å². The van der Waals surface area contributed by atoms with Gasteiger partial charge in [-0.15, -0.1) is 0 Å². The van der Waals surface area contributed by atoms with Crippen molar-refractivity contribution in [1.82, 2.24) is 0 Å². The van der Waals surface area contributed by atoms with E-state index in [-0.39, 0.29) is 10.8 Å². The Balaban J connectivity index is 1.39. The summed E-state index contributed by atoms with van der Waals surface area (Å²) >= 11 is 5.81.